The van der Waals surface area contributed by atoms with Gasteiger partial charge in [-0.05, 0) is 51.8 Å². The zero-order valence-electron chi connectivity index (χ0n) is 34.4. The molecule has 60 heavy (non-hydrogen) atoms. The maximum absolute atomic E-state index is 12.7. The number of ketones is 3. The van der Waals surface area contributed by atoms with E-state index in [2.05, 4.69) is 4.72 Å². The van der Waals surface area contributed by atoms with E-state index in [9.17, 15) is 51.3 Å². The highest BCUT2D eigenvalue weighted by atomic mass is 32.2. The maximum Gasteiger partial charge on any atom is 0.485 e. The predicted octanol–water partition coefficient (Wildman–Crippen LogP) is 0.491. The first-order valence-electron chi connectivity index (χ1n) is 19.4. The lowest BCUT2D eigenvalue weighted by Gasteiger charge is -2.39. The number of rotatable bonds is 8. The molecule has 6 heterocycles. The monoisotopic (exact) mass is 876 g/mol. The quantitative estimate of drug-likeness (QED) is 0.208. The molecule has 3 saturated heterocycles. The molecule has 0 bridgehead atoms. The van der Waals surface area contributed by atoms with Crippen LogP contribution in [0.5, 0.6) is 0 Å². The van der Waals surface area contributed by atoms with Gasteiger partial charge in [-0.3, -0.25) is 43.5 Å². The van der Waals surface area contributed by atoms with E-state index >= 15 is 0 Å². The Bertz CT molecular complexity index is 1730. The Morgan fingerprint density at radius 3 is 1.43 bits per heavy atom. The van der Waals surface area contributed by atoms with Crippen molar-refractivity contribution < 1.29 is 70.6 Å². The number of carbonyl (C=O) groups excluding carboxylic acids is 6. The number of nitrogens with two attached hydrogens (primary N) is 2. The maximum atomic E-state index is 12.7. The van der Waals surface area contributed by atoms with Gasteiger partial charge in [-0.1, -0.05) is 27.7 Å². The number of halogens is 3. The fourth-order valence-electron chi connectivity index (χ4n) is 7.82. The lowest BCUT2D eigenvalue weighted by atomic mass is 9.84. The van der Waals surface area contributed by atoms with E-state index in [1.807, 2.05) is 27.7 Å². The summed E-state index contributed by atoms with van der Waals surface area (Å²) in [4.78, 5) is 73.1. The Hall–Kier alpha value is -3.74. The normalized spacial score (nSPS) is 38.6. The van der Waals surface area contributed by atoms with Gasteiger partial charge in [0, 0.05) is 30.4 Å². The summed E-state index contributed by atoms with van der Waals surface area (Å²) in [5, 5.41) is 19.0. The van der Waals surface area contributed by atoms with Crippen molar-refractivity contribution >= 4 is 46.1 Å². The molecule has 6 aliphatic heterocycles. The van der Waals surface area contributed by atoms with Crippen LogP contribution >= 0.6 is 0 Å². The number of alkyl halides is 3. The van der Waals surface area contributed by atoms with Crippen molar-refractivity contribution in [1.29, 1.82) is 0 Å². The van der Waals surface area contributed by atoms with E-state index in [0.29, 0.717) is 6.42 Å². The van der Waals surface area contributed by atoms with Crippen LogP contribution in [0, 0.1) is 11.8 Å². The molecule has 0 aromatic rings. The van der Waals surface area contributed by atoms with Crippen LogP contribution in [0.1, 0.15) is 80.6 Å². The molecule has 1 unspecified atom stereocenters. The lowest BCUT2D eigenvalue weighted by molar-refractivity contribution is -0.147. The van der Waals surface area contributed by atoms with Crippen molar-refractivity contribution in [2.45, 2.75) is 146 Å². The van der Waals surface area contributed by atoms with Crippen LogP contribution in [0.25, 0.3) is 0 Å². The summed E-state index contributed by atoms with van der Waals surface area (Å²) in [6, 6.07) is 0. The molecule has 18 nitrogen and oxygen atoms in total. The number of ether oxygens (including phenoxy) is 3. The molecule has 336 valence electrons. The highest BCUT2D eigenvalue weighted by Gasteiger charge is 2.58. The summed E-state index contributed by atoms with van der Waals surface area (Å²) in [5.41, 5.74) is 4.12. The summed E-state index contributed by atoms with van der Waals surface area (Å²) >= 11 is 0. The third-order valence-electron chi connectivity index (χ3n) is 11.9. The second-order valence-electron chi connectivity index (χ2n) is 16.2. The molecule has 6 aliphatic rings. The Balaban J connectivity index is 0.000000201. The van der Waals surface area contributed by atoms with Crippen LogP contribution < -0.4 is 16.2 Å². The van der Waals surface area contributed by atoms with E-state index in [0.717, 1.165) is 11.3 Å². The Morgan fingerprint density at radius 2 is 1.08 bits per heavy atom. The summed E-state index contributed by atoms with van der Waals surface area (Å²) < 4.78 is 68.9. The van der Waals surface area contributed by atoms with Gasteiger partial charge < -0.3 is 35.9 Å². The largest absolute Gasteiger partial charge is 0.485 e. The molecule has 0 aliphatic carbocycles. The molecule has 0 saturated carbocycles. The van der Waals surface area contributed by atoms with Crippen LogP contribution in [-0.4, -0.2) is 136 Å². The third kappa shape index (κ3) is 9.97. The Morgan fingerprint density at radius 1 is 0.717 bits per heavy atom. The van der Waals surface area contributed by atoms with Crippen LogP contribution in [0.3, 0.4) is 0 Å². The van der Waals surface area contributed by atoms with Crippen molar-refractivity contribution in [2.75, 3.05) is 6.61 Å². The topological polar surface area (TPSA) is 261 Å². The first-order valence-corrected chi connectivity index (χ1v) is 20.6. The standard InChI is InChI=1S/C14H19F3N2O4S.C13H20N2O3.C11H16N2O5/c1-4-10-8(2)13(3,18-24(22)14(15,16)17)12(23-10)19-6-5-9(20)7-11(19)21;1-4-10-8(2)13(3,14)12(18-10)15-6-5-9(16)7-11(15)17;1-11(12)9(17)7(5-14)18-10(11)13-3-2-6(15)4-8(13)16/h5-6,8,10,12,18H,4,7H2,1-3H3;5-6,8,10,12H,4,7,14H2,1-3H3;2-3,7,9-10,14,17H,4-5,12H2,1H3/t8-,10-,12-,13-,24?;8-,10-,12-,13-;7-,9-,10-,11-/m111/s1. The van der Waals surface area contributed by atoms with E-state index in [4.69, 9.17) is 30.8 Å². The van der Waals surface area contributed by atoms with Crippen LogP contribution in [0.15, 0.2) is 36.8 Å². The minimum absolute atomic E-state index is 0.0452. The lowest BCUT2D eigenvalue weighted by Crippen LogP contribution is -2.61. The van der Waals surface area contributed by atoms with E-state index < -0.39 is 94.4 Å². The molecule has 3 fully saturated rings. The zero-order chi connectivity index (χ0) is 45.3. The highest BCUT2D eigenvalue weighted by molar-refractivity contribution is 7.84. The van der Waals surface area contributed by atoms with Crippen molar-refractivity contribution in [2.24, 2.45) is 23.3 Å². The molecule has 3 amide bonds. The van der Waals surface area contributed by atoms with Crippen molar-refractivity contribution in [3.63, 3.8) is 0 Å². The number of aliphatic hydroxyl groups is 2. The van der Waals surface area contributed by atoms with Crippen LogP contribution in [-0.2, 0) is 54.0 Å². The van der Waals surface area contributed by atoms with Gasteiger partial charge in [-0.15, -0.1) is 0 Å². The number of hydrogen-bond acceptors (Lipinski definition) is 14. The fraction of sp³-hybridized carbons (Fsp3) is 0.684. The molecule has 0 radical (unpaired) electrons. The van der Waals surface area contributed by atoms with Crippen LogP contribution in [0.4, 0.5) is 13.2 Å². The summed E-state index contributed by atoms with van der Waals surface area (Å²) in [7, 11) is -3.31. The number of aliphatic hydroxyl groups excluding tert-OH is 2. The first-order chi connectivity index (χ1) is 27.8. The molecular formula is C38H55F3N6O12S. The van der Waals surface area contributed by atoms with Gasteiger partial charge in [-0.2, -0.15) is 13.2 Å². The number of nitrogens with one attached hydrogen (secondary N) is 1. The minimum atomic E-state index is -4.94. The molecule has 7 N–H and O–H groups in total. The minimum Gasteiger partial charge on any atom is -0.394 e. The van der Waals surface area contributed by atoms with Gasteiger partial charge >= 0.3 is 5.51 Å². The van der Waals surface area contributed by atoms with Gasteiger partial charge in [0.1, 0.15) is 12.2 Å². The third-order valence-corrected chi connectivity index (χ3v) is 12.9. The van der Waals surface area contributed by atoms with E-state index in [1.165, 1.54) is 60.5 Å². The number of nitrogens with zero attached hydrogens (tertiary/aromatic N) is 3. The fourth-order valence-corrected chi connectivity index (χ4v) is 8.62. The van der Waals surface area contributed by atoms with Crippen molar-refractivity contribution in [3.05, 3.63) is 36.8 Å². The zero-order valence-corrected chi connectivity index (χ0v) is 35.2. The summed E-state index contributed by atoms with van der Waals surface area (Å²) in [6.45, 7) is 12.0. The molecule has 6 rings (SSSR count). The SMILES string of the molecule is CC[C@H]1O[C@@H](N2C=CC(=O)CC2=O)[C@](C)(N)[C@@H]1C.CC[C@H]1O[C@@H](N2C=CC(=O)CC2=O)[C@](C)(NS(=O)C(F)(F)F)[C@@H]1C.C[C@@]1(N)[C@H](O)[C@@H](CO)O[C@H]1N1C=CC(=O)CC1=O. The second-order valence-corrected chi connectivity index (χ2v) is 17.4. The van der Waals surface area contributed by atoms with Gasteiger partial charge in [0.15, 0.2) is 47.0 Å². The predicted molar refractivity (Wildman–Crippen MR) is 206 cm³/mol. The second kappa shape index (κ2) is 18.7. The summed E-state index contributed by atoms with van der Waals surface area (Å²) in [5.74, 6) is -2.38. The molecule has 0 spiro atoms. The Kier molecular flexibility index (Phi) is 15.3. The number of amides is 3. The molecule has 0 aromatic heterocycles. The average Bonchev–Trinajstić information content (AvgIpc) is 3.65. The Labute approximate surface area is 348 Å². The highest BCUT2D eigenvalue weighted by Crippen LogP contribution is 2.42. The molecule has 22 heteroatoms. The number of hydrogen-bond donors (Lipinski definition) is 5. The number of carbonyl (C=O) groups is 6. The van der Waals surface area contributed by atoms with E-state index in [-0.39, 0.29) is 54.5 Å². The smallest absolute Gasteiger partial charge is 0.394 e. The van der Waals surface area contributed by atoms with E-state index in [1.54, 1.807) is 6.92 Å². The van der Waals surface area contributed by atoms with Gasteiger partial charge in [0.05, 0.1) is 54.7 Å². The van der Waals surface area contributed by atoms with Gasteiger partial charge in [0.2, 0.25) is 17.7 Å². The average molecular weight is 877 g/mol. The molecular weight excluding hydrogens is 822 g/mol. The number of allylic oxidation sites excluding steroid dienone is 3. The van der Waals surface area contributed by atoms with Crippen molar-refractivity contribution in [3.8, 4) is 0 Å². The van der Waals surface area contributed by atoms with Gasteiger partial charge in [-0.25, -0.2) is 8.93 Å². The molecule has 13 atom stereocenters. The molecule has 0 aromatic carbocycles. The summed E-state index contributed by atoms with van der Waals surface area (Å²) in [6.07, 6.45) is 3.70. The van der Waals surface area contributed by atoms with Gasteiger partial charge in [0.25, 0.3) is 0 Å². The van der Waals surface area contributed by atoms with Crippen molar-refractivity contribution in [1.82, 2.24) is 19.4 Å². The first kappa shape index (κ1) is 48.9. The van der Waals surface area contributed by atoms with Crippen LogP contribution in [0.2, 0.25) is 0 Å².